The number of hydrogen-bond acceptors (Lipinski definition) is 6. The average molecular weight is 383 g/mol. The van der Waals surface area contributed by atoms with Gasteiger partial charge >= 0.3 is 5.69 Å². The van der Waals surface area contributed by atoms with E-state index >= 15 is 0 Å². The number of hydrogen-bond donors (Lipinski definition) is 0. The molecule has 0 aliphatic heterocycles. The third-order valence-corrected chi connectivity index (χ3v) is 4.62. The molecule has 0 saturated carbocycles. The Kier molecular flexibility index (Phi) is 5.46. The molecule has 0 spiro atoms. The zero-order valence-corrected chi connectivity index (χ0v) is 15.6. The second-order valence-electron chi connectivity index (χ2n) is 5.83. The minimum Gasteiger partial charge on any atom is -0.480 e. The van der Waals surface area contributed by atoms with Crippen LogP contribution in [-0.4, -0.2) is 15.8 Å². The number of thiazole rings is 1. The summed E-state index contributed by atoms with van der Waals surface area (Å²) in [7, 11) is 0. The number of benzene rings is 2. The van der Waals surface area contributed by atoms with E-state index < -0.39 is 4.92 Å². The van der Waals surface area contributed by atoms with Crippen molar-refractivity contribution in [2.45, 2.75) is 20.5 Å². The molecule has 8 heteroatoms. The summed E-state index contributed by atoms with van der Waals surface area (Å²) in [6.45, 7) is 3.50. The summed E-state index contributed by atoms with van der Waals surface area (Å²) in [6, 6.07) is 13.8. The average Bonchev–Trinajstić information content (AvgIpc) is 3.08. The third-order valence-electron chi connectivity index (χ3n) is 3.74. The number of anilines is 2. The number of aryl methyl sites for hydroxylation is 1. The highest BCUT2D eigenvalue weighted by atomic mass is 32.1. The van der Waals surface area contributed by atoms with Crippen LogP contribution in [0.1, 0.15) is 18.2 Å². The Morgan fingerprint density at radius 2 is 2.04 bits per heavy atom. The van der Waals surface area contributed by atoms with Crippen LogP contribution in [0.2, 0.25) is 0 Å². The van der Waals surface area contributed by atoms with Crippen LogP contribution in [0.5, 0.6) is 5.75 Å². The Labute approximate surface area is 160 Å². The van der Waals surface area contributed by atoms with E-state index in [2.05, 4.69) is 4.98 Å². The van der Waals surface area contributed by atoms with E-state index in [1.54, 1.807) is 23.6 Å². The van der Waals surface area contributed by atoms with Crippen LogP contribution in [0.4, 0.5) is 16.5 Å². The van der Waals surface area contributed by atoms with Gasteiger partial charge in [0.05, 0.1) is 16.3 Å². The van der Waals surface area contributed by atoms with Gasteiger partial charge in [-0.2, -0.15) is 0 Å². The molecule has 0 radical (unpaired) electrons. The topological polar surface area (TPSA) is 85.6 Å². The Morgan fingerprint density at radius 1 is 1.26 bits per heavy atom. The molecule has 1 heterocycles. The first-order chi connectivity index (χ1) is 13.0. The summed E-state index contributed by atoms with van der Waals surface area (Å²) >= 11 is 1.31. The summed E-state index contributed by atoms with van der Waals surface area (Å²) in [5.74, 6) is 0.0280. The van der Waals surface area contributed by atoms with Crippen LogP contribution < -0.4 is 9.64 Å². The third kappa shape index (κ3) is 4.29. The first-order valence-corrected chi connectivity index (χ1v) is 9.01. The van der Waals surface area contributed by atoms with Crippen LogP contribution in [0, 0.1) is 17.0 Å². The first-order valence-electron chi connectivity index (χ1n) is 8.13. The van der Waals surface area contributed by atoms with Crippen molar-refractivity contribution in [3.63, 3.8) is 0 Å². The molecule has 0 bridgehead atoms. The molecule has 2 aromatic carbocycles. The number of nitro benzene ring substituents is 1. The van der Waals surface area contributed by atoms with E-state index in [0.29, 0.717) is 10.8 Å². The molecule has 3 rings (SSSR count). The number of amides is 1. The maximum Gasteiger partial charge on any atom is 0.310 e. The van der Waals surface area contributed by atoms with Gasteiger partial charge < -0.3 is 4.74 Å². The van der Waals surface area contributed by atoms with Gasteiger partial charge in [0.15, 0.2) is 10.9 Å². The molecule has 0 fully saturated rings. The molecular formula is C19H17N3O4S. The van der Waals surface area contributed by atoms with Crippen molar-refractivity contribution in [3.05, 3.63) is 75.3 Å². The molecule has 0 aliphatic rings. The summed E-state index contributed by atoms with van der Waals surface area (Å²) in [4.78, 5) is 28.7. The van der Waals surface area contributed by atoms with Gasteiger partial charge in [-0.1, -0.05) is 24.3 Å². The van der Waals surface area contributed by atoms with Crippen LogP contribution in [0.25, 0.3) is 0 Å². The summed E-state index contributed by atoms with van der Waals surface area (Å²) in [5.41, 5.74) is 2.27. The van der Waals surface area contributed by atoms with Gasteiger partial charge in [0.25, 0.3) is 0 Å². The number of nitrogens with zero attached hydrogens (tertiary/aromatic N) is 3. The SMILES string of the molecule is CC(=O)N(c1cccc(C)c1)c1nc(COc2ccccc2[N+](=O)[O-])cs1. The van der Waals surface area contributed by atoms with Crippen molar-refractivity contribution >= 4 is 33.8 Å². The number of nitro groups is 1. The molecule has 0 aliphatic carbocycles. The van der Waals surface area contributed by atoms with E-state index in [1.165, 1.54) is 29.2 Å². The maximum absolute atomic E-state index is 12.2. The van der Waals surface area contributed by atoms with Gasteiger partial charge in [-0.15, -0.1) is 11.3 Å². The van der Waals surface area contributed by atoms with Gasteiger partial charge in [0.2, 0.25) is 5.91 Å². The number of carbonyl (C=O) groups is 1. The second-order valence-corrected chi connectivity index (χ2v) is 6.66. The Morgan fingerprint density at radius 3 is 2.74 bits per heavy atom. The predicted molar refractivity (Wildman–Crippen MR) is 104 cm³/mol. The molecule has 1 amide bonds. The van der Waals surface area contributed by atoms with Crippen molar-refractivity contribution in [3.8, 4) is 5.75 Å². The van der Waals surface area contributed by atoms with Gasteiger partial charge in [-0.05, 0) is 30.7 Å². The monoisotopic (exact) mass is 383 g/mol. The standard InChI is InChI=1S/C19H17N3O4S/c1-13-6-5-7-16(10-13)21(14(2)23)19-20-15(12-27-19)11-26-18-9-4-3-8-17(18)22(24)25/h3-10,12H,11H2,1-2H3. The lowest BCUT2D eigenvalue weighted by Crippen LogP contribution is -2.22. The molecule has 7 nitrogen and oxygen atoms in total. The molecule has 1 aromatic heterocycles. The fourth-order valence-electron chi connectivity index (χ4n) is 2.54. The van der Waals surface area contributed by atoms with Crippen molar-refractivity contribution in [2.75, 3.05) is 4.90 Å². The first kappa shape index (κ1) is 18.5. The molecule has 27 heavy (non-hydrogen) atoms. The fourth-order valence-corrected chi connectivity index (χ4v) is 3.41. The lowest BCUT2D eigenvalue weighted by Gasteiger charge is -2.18. The lowest BCUT2D eigenvalue weighted by molar-refractivity contribution is -0.385. The molecule has 0 saturated heterocycles. The van der Waals surface area contributed by atoms with Crippen LogP contribution in [0.3, 0.4) is 0 Å². The fraction of sp³-hybridized carbons (Fsp3) is 0.158. The highest BCUT2D eigenvalue weighted by Gasteiger charge is 2.19. The predicted octanol–water partition coefficient (Wildman–Crippen LogP) is 4.62. The minimum atomic E-state index is -0.489. The largest absolute Gasteiger partial charge is 0.480 e. The highest BCUT2D eigenvalue weighted by Crippen LogP contribution is 2.31. The number of rotatable bonds is 6. The van der Waals surface area contributed by atoms with Gasteiger partial charge in [-0.3, -0.25) is 19.8 Å². The van der Waals surface area contributed by atoms with E-state index in [0.717, 1.165) is 11.3 Å². The smallest absolute Gasteiger partial charge is 0.310 e. The van der Waals surface area contributed by atoms with Crippen molar-refractivity contribution in [1.82, 2.24) is 4.98 Å². The molecule has 0 N–H and O–H groups in total. The van der Waals surface area contributed by atoms with Crippen molar-refractivity contribution in [1.29, 1.82) is 0 Å². The van der Waals surface area contributed by atoms with Crippen LogP contribution in [-0.2, 0) is 11.4 Å². The van der Waals surface area contributed by atoms with Crippen LogP contribution >= 0.6 is 11.3 Å². The van der Waals surface area contributed by atoms with Gasteiger partial charge in [0, 0.05) is 18.4 Å². The van der Waals surface area contributed by atoms with E-state index in [1.807, 2.05) is 31.2 Å². The van der Waals surface area contributed by atoms with Gasteiger partial charge in [0.1, 0.15) is 6.61 Å². The van der Waals surface area contributed by atoms with E-state index in [-0.39, 0.29) is 24.0 Å². The Bertz CT molecular complexity index is 986. The Balaban J connectivity index is 1.80. The zero-order valence-electron chi connectivity index (χ0n) is 14.8. The highest BCUT2D eigenvalue weighted by molar-refractivity contribution is 7.14. The van der Waals surface area contributed by atoms with Crippen molar-refractivity contribution < 1.29 is 14.5 Å². The molecule has 3 aromatic rings. The minimum absolute atomic E-state index is 0.0704. The van der Waals surface area contributed by atoms with Gasteiger partial charge in [-0.25, -0.2) is 4.98 Å². The molecule has 138 valence electrons. The molecule has 0 atom stereocenters. The number of para-hydroxylation sites is 2. The van der Waals surface area contributed by atoms with E-state index in [4.69, 9.17) is 4.74 Å². The second kappa shape index (κ2) is 7.96. The number of carbonyl (C=O) groups excluding carboxylic acids is 1. The molecule has 0 unspecified atom stereocenters. The lowest BCUT2D eigenvalue weighted by atomic mass is 10.2. The normalized spacial score (nSPS) is 10.4. The summed E-state index contributed by atoms with van der Waals surface area (Å²) < 4.78 is 5.56. The Hall–Kier alpha value is -3.26. The summed E-state index contributed by atoms with van der Waals surface area (Å²) in [6.07, 6.45) is 0. The number of aromatic nitrogens is 1. The number of ether oxygens (including phenoxy) is 1. The van der Waals surface area contributed by atoms with E-state index in [9.17, 15) is 14.9 Å². The molecular weight excluding hydrogens is 366 g/mol. The maximum atomic E-state index is 12.2. The summed E-state index contributed by atoms with van der Waals surface area (Å²) in [5, 5.41) is 13.3. The van der Waals surface area contributed by atoms with Crippen LogP contribution in [0.15, 0.2) is 53.9 Å². The zero-order chi connectivity index (χ0) is 19.4. The van der Waals surface area contributed by atoms with Crippen molar-refractivity contribution in [2.24, 2.45) is 0 Å². The quantitative estimate of drug-likeness (QED) is 0.458.